The van der Waals surface area contributed by atoms with Gasteiger partial charge in [-0.3, -0.25) is 10.1 Å². The fraction of sp³-hybridized carbons (Fsp3) is 0.333. The van der Waals surface area contributed by atoms with Crippen molar-refractivity contribution in [2.24, 2.45) is 0 Å². The Labute approximate surface area is 87.8 Å². The Morgan fingerprint density at radius 2 is 1.93 bits per heavy atom. The molecule has 0 aromatic heterocycles. The van der Waals surface area contributed by atoms with Crippen molar-refractivity contribution >= 4 is 15.5 Å². The Balaban J connectivity index is 3.31. The van der Waals surface area contributed by atoms with E-state index in [1.807, 2.05) is 0 Å². The van der Waals surface area contributed by atoms with E-state index >= 15 is 0 Å². The molecule has 0 N–H and O–H groups in total. The summed E-state index contributed by atoms with van der Waals surface area (Å²) >= 11 is 0. The van der Waals surface area contributed by atoms with Crippen LogP contribution in [0.3, 0.4) is 0 Å². The van der Waals surface area contributed by atoms with Gasteiger partial charge in [0.2, 0.25) is 0 Å². The maximum absolute atomic E-state index is 11.7. The highest BCUT2D eigenvalue weighted by Crippen LogP contribution is 2.24. The number of para-hydroxylation sites is 1. The molecule has 0 aliphatic carbocycles. The van der Waals surface area contributed by atoms with Crippen LogP contribution in [0, 0.1) is 10.1 Å². The van der Waals surface area contributed by atoms with E-state index in [1.165, 1.54) is 24.3 Å². The zero-order chi connectivity index (χ0) is 11.5. The van der Waals surface area contributed by atoms with Crippen LogP contribution in [-0.2, 0) is 9.84 Å². The topological polar surface area (TPSA) is 77.3 Å². The summed E-state index contributed by atoms with van der Waals surface area (Å²) in [6, 6.07) is 5.39. The van der Waals surface area contributed by atoms with Crippen molar-refractivity contribution in [3.8, 4) is 0 Å². The molecule has 0 amide bonds. The quantitative estimate of drug-likeness (QED) is 0.582. The molecule has 0 aliphatic rings. The van der Waals surface area contributed by atoms with Crippen LogP contribution in [0.2, 0.25) is 0 Å². The number of sulfone groups is 1. The van der Waals surface area contributed by atoms with Crippen LogP contribution >= 0.6 is 0 Å². The molecule has 0 bridgehead atoms. The second kappa shape index (κ2) is 4.39. The van der Waals surface area contributed by atoms with Gasteiger partial charge in [0.15, 0.2) is 9.84 Å². The Kier molecular flexibility index (Phi) is 3.41. The summed E-state index contributed by atoms with van der Waals surface area (Å²) in [6.07, 6.45) is 0.439. The van der Waals surface area contributed by atoms with Gasteiger partial charge in [-0.1, -0.05) is 19.1 Å². The van der Waals surface area contributed by atoms with Gasteiger partial charge in [0, 0.05) is 6.07 Å². The zero-order valence-corrected chi connectivity index (χ0v) is 9.03. The van der Waals surface area contributed by atoms with Crippen LogP contribution in [0.25, 0.3) is 0 Å². The van der Waals surface area contributed by atoms with Gasteiger partial charge >= 0.3 is 0 Å². The molecule has 0 radical (unpaired) electrons. The van der Waals surface area contributed by atoms with Crippen molar-refractivity contribution in [3.05, 3.63) is 34.4 Å². The van der Waals surface area contributed by atoms with E-state index in [1.54, 1.807) is 6.92 Å². The molecular formula is C9H11NO4S. The number of nitro benzene ring substituents is 1. The molecule has 0 spiro atoms. The van der Waals surface area contributed by atoms with Crippen LogP contribution in [0.15, 0.2) is 29.2 Å². The molecule has 6 heteroatoms. The lowest BCUT2D eigenvalue weighted by Gasteiger charge is -2.02. The SMILES string of the molecule is CCCS(=O)(=O)c1ccccc1[N+](=O)[O-]. The fourth-order valence-corrected chi connectivity index (χ4v) is 2.75. The lowest BCUT2D eigenvalue weighted by molar-refractivity contribution is -0.387. The fourth-order valence-electron chi connectivity index (χ4n) is 1.25. The third-order valence-corrected chi connectivity index (χ3v) is 3.83. The van der Waals surface area contributed by atoms with Gasteiger partial charge in [-0.25, -0.2) is 8.42 Å². The highest BCUT2D eigenvalue weighted by molar-refractivity contribution is 7.91. The monoisotopic (exact) mass is 229 g/mol. The minimum Gasteiger partial charge on any atom is -0.258 e. The lowest BCUT2D eigenvalue weighted by atomic mass is 10.3. The minimum atomic E-state index is -3.53. The molecule has 1 aromatic rings. The first kappa shape index (κ1) is 11.6. The van der Waals surface area contributed by atoms with Gasteiger partial charge in [-0.15, -0.1) is 0 Å². The predicted molar refractivity (Wildman–Crippen MR) is 55.4 cm³/mol. The van der Waals surface area contributed by atoms with Gasteiger partial charge in [0.25, 0.3) is 5.69 Å². The number of rotatable bonds is 4. The first-order valence-electron chi connectivity index (χ1n) is 4.45. The maximum atomic E-state index is 11.7. The maximum Gasteiger partial charge on any atom is 0.287 e. The molecule has 0 saturated carbocycles. The number of hydrogen-bond acceptors (Lipinski definition) is 4. The Morgan fingerprint density at radius 3 is 2.47 bits per heavy atom. The number of hydrogen-bond donors (Lipinski definition) is 0. The van der Waals surface area contributed by atoms with Crippen LogP contribution in [-0.4, -0.2) is 19.1 Å². The second-order valence-electron chi connectivity index (χ2n) is 3.04. The summed E-state index contributed by atoms with van der Waals surface area (Å²) in [5.74, 6) is -0.0716. The lowest BCUT2D eigenvalue weighted by Crippen LogP contribution is -2.08. The standard InChI is InChI=1S/C9H11NO4S/c1-2-7-15(13,14)9-6-4-3-5-8(9)10(11)12/h3-6H,2,7H2,1H3. The molecule has 0 atom stereocenters. The van der Waals surface area contributed by atoms with Gasteiger partial charge < -0.3 is 0 Å². The smallest absolute Gasteiger partial charge is 0.258 e. The number of nitro groups is 1. The van der Waals surface area contributed by atoms with Crippen molar-refractivity contribution in [2.75, 3.05) is 5.75 Å². The second-order valence-corrected chi connectivity index (χ2v) is 5.12. The average Bonchev–Trinajstić information content (AvgIpc) is 2.17. The molecule has 1 aromatic carbocycles. The first-order valence-corrected chi connectivity index (χ1v) is 6.10. The Hall–Kier alpha value is -1.43. The van der Waals surface area contributed by atoms with Crippen molar-refractivity contribution < 1.29 is 13.3 Å². The van der Waals surface area contributed by atoms with E-state index in [0.717, 1.165) is 0 Å². The molecule has 0 saturated heterocycles. The Morgan fingerprint density at radius 1 is 1.33 bits per heavy atom. The predicted octanol–water partition coefficient (Wildman–Crippen LogP) is 1.78. The van der Waals surface area contributed by atoms with Crippen molar-refractivity contribution in [1.29, 1.82) is 0 Å². The molecule has 1 rings (SSSR count). The van der Waals surface area contributed by atoms with Crippen LogP contribution in [0.4, 0.5) is 5.69 Å². The molecule has 15 heavy (non-hydrogen) atoms. The number of nitrogens with zero attached hydrogens (tertiary/aromatic N) is 1. The normalized spacial score (nSPS) is 11.3. The number of benzene rings is 1. The molecule has 0 heterocycles. The first-order chi connectivity index (χ1) is 6.99. The highest BCUT2D eigenvalue weighted by atomic mass is 32.2. The van der Waals surface area contributed by atoms with E-state index in [0.29, 0.717) is 6.42 Å². The summed E-state index contributed by atoms with van der Waals surface area (Å²) in [5, 5.41) is 10.6. The van der Waals surface area contributed by atoms with Gasteiger partial charge in [-0.05, 0) is 12.5 Å². The van der Waals surface area contributed by atoms with Crippen molar-refractivity contribution in [3.63, 3.8) is 0 Å². The van der Waals surface area contributed by atoms with E-state index in [9.17, 15) is 18.5 Å². The summed E-state index contributed by atoms with van der Waals surface area (Å²) < 4.78 is 23.3. The zero-order valence-electron chi connectivity index (χ0n) is 8.21. The van der Waals surface area contributed by atoms with Crippen LogP contribution in [0.5, 0.6) is 0 Å². The molecule has 5 nitrogen and oxygen atoms in total. The van der Waals surface area contributed by atoms with Gasteiger partial charge in [0.05, 0.1) is 10.7 Å². The highest BCUT2D eigenvalue weighted by Gasteiger charge is 2.23. The van der Waals surface area contributed by atoms with E-state index in [-0.39, 0.29) is 16.3 Å². The van der Waals surface area contributed by atoms with Gasteiger partial charge in [0.1, 0.15) is 4.90 Å². The minimum absolute atomic E-state index is 0.0716. The van der Waals surface area contributed by atoms with E-state index in [2.05, 4.69) is 0 Å². The average molecular weight is 229 g/mol. The molecular weight excluding hydrogens is 218 g/mol. The summed E-state index contributed by atoms with van der Waals surface area (Å²) in [6.45, 7) is 1.71. The third kappa shape index (κ3) is 2.53. The van der Waals surface area contributed by atoms with Crippen molar-refractivity contribution in [1.82, 2.24) is 0 Å². The molecule has 82 valence electrons. The summed E-state index contributed by atoms with van der Waals surface area (Å²) in [7, 11) is -3.53. The largest absolute Gasteiger partial charge is 0.287 e. The summed E-state index contributed by atoms with van der Waals surface area (Å²) in [5.41, 5.74) is -0.356. The molecule has 0 fully saturated rings. The summed E-state index contributed by atoms with van der Waals surface area (Å²) in [4.78, 5) is 9.74. The van der Waals surface area contributed by atoms with Crippen molar-refractivity contribution in [2.45, 2.75) is 18.2 Å². The van der Waals surface area contributed by atoms with E-state index < -0.39 is 14.8 Å². The Bertz CT molecular complexity index is 467. The van der Waals surface area contributed by atoms with Crippen LogP contribution in [0.1, 0.15) is 13.3 Å². The van der Waals surface area contributed by atoms with Gasteiger partial charge in [-0.2, -0.15) is 0 Å². The third-order valence-electron chi connectivity index (χ3n) is 1.87. The van der Waals surface area contributed by atoms with Crippen LogP contribution < -0.4 is 0 Å². The van der Waals surface area contributed by atoms with E-state index in [4.69, 9.17) is 0 Å². The molecule has 0 unspecified atom stereocenters. The molecule has 0 aliphatic heterocycles.